The molecule has 2 rings (SSSR count). The minimum Gasteiger partial charge on any atom is -0.394 e. The van der Waals surface area contributed by atoms with E-state index in [2.05, 4.69) is 5.32 Å². The summed E-state index contributed by atoms with van der Waals surface area (Å²) in [5, 5.41) is 12.1. The van der Waals surface area contributed by atoms with Crippen molar-refractivity contribution in [2.24, 2.45) is 5.92 Å². The molecule has 0 bridgehead atoms. The number of carbonyl (C=O) groups is 1. The van der Waals surface area contributed by atoms with Crippen molar-refractivity contribution in [3.8, 4) is 0 Å². The Balaban J connectivity index is 2.14. The number of aliphatic hydroxyl groups is 1. The number of hydrogen-bond donors (Lipinski definition) is 2. The van der Waals surface area contributed by atoms with E-state index in [0.717, 1.165) is 16.4 Å². The van der Waals surface area contributed by atoms with E-state index in [4.69, 9.17) is 4.74 Å². The number of sulfonamides is 1. The van der Waals surface area contributed by atoms with Gasteiger partial charge in [-0.2, -0.15) is 4.31 Å². The molecule has 0 unspecified atom stereocenters. The van der Waals surface area contributed by atoms with E-state index >= 15 is 0 Å². The van der Waals surface area contributed by atoms with Crippen LogP contribution in [-0.2, 0) is 14.8 Å². The van der Waals surface area contributed by atoms with Gasteiger partial charge in [-0.25, -0.2) is 22.0 Å². The number of benzene rings is 2. The van der Waals surface area contributed by atoms with Crippen LogP contribution in [0, 0.1) is 17.6 Å². The van der Waals surface area contributed by atoms with Crippen LogP contribution in [0.4, 0.5) is 19.3 Å². The topological polar surface area (TPSA) is 99.2 Å². The van der Waals surface area contributed by atoms with Crippen molar-refractivity contribution >= 4 is 21.7 Å². The number of urea groups is 1. The molecule has 2 aromatic rings. The number of amides is 2. The third-order valence-electron chi connectivity index (χ3n) is 5.55. The summed E-state index contributed by atoms with van der Waals surface area (Å²) in [6.07, 6.45) is -0.616. The summed E-state index contributed by atoms with van der Waals surface area (Å²) in [6.45, 7) is 3.16. The van der Waals surface area contributed by atoms with Crippen LogP contribution in [0.2, 0.25) is 0 Å². The van der Waals surface area contributed by atoms with E-state index in [1.165, 1.54) is 49.4 Å². The molecule has 0 saturated carbocycles. The molecule has 11 heteroatoms. The Hall–Kier alpha value is -2.60. The second-order valence-corrected chi connectivity index (χ2v) is 10.1. The Morgan fingerprint density at radius 2 is 1.71 bits per heavy atom. The second kappa shape index (κ2) is 12.2. The van der Waals surface area contributed by atoms with E-state index in [1.54, 1.807) is 19.9 Å². The highest BCUT2D eigenvalue weighted by Crippen LogP contribution is 2.20. The predicted molar refractivity (Wildman–Crippen MR) is 125 cm³/mol. The van der Waals surface area contributed by atoms with Gasteiger partial charge in [-0.1, -0.05) is 19.1 Å². The van der Waals surface area contributed by atoms with Crippen molar-refractivity contribution in [2.75, 3.05) is 39.2 Å². The summed E-state index contributed by atoms with van der Waals surface area (Å²) >= 11 is 0. The quantitative estimate of drug-likeness (QED) is 0.495. The van der Waals surface area contributed by atoms with E-state index in [9.17, 15) is 27.1 Å². The maximum atomic E-state index is 14.0. The molecular formula is C23H31F2N3O5S. The lowest BCUT2D eigenvalue weighted by atomic mass is 10.0. The molecule has 0 aliphatic rings. The third kappa shape index (κ3) is 6.95. The lowest BCUT2D eigenvalue weighted by Gasteiger charge is -2.34. The number of anilines is 1. The largest absolute Gasteiger partial charge is 0.394 e. The monoisotopic (exact) mass is 499 g/mol. The van der Waals surface area contributed by atoms with Gasteiger partial charge in [0.2, 0.25) is 10.0 Å². The standard InChI is InChI=1S/C23H31F2N3O5S/c1-16(13-28(17(2)15-29)23(30)26-21-8-6-5-7-20(21)25)22(33-4)14-27(3)34(31,32)19-11-9-18(24)10-12-19/h5-12,16-17,22,29H,13-15H2,1-4H3,(H,26,30)/t16-,17+,22+/m0/s1. The first-order valence-electron chi connectivity index (χ1n) is 10.7. The lowest BCUT2D eigenvalue weighted by molar-refractivity contribution is 0.0305. The smallest absolute Gasteiger partial charge is 0.322 e. The Morgan fingerprint density at radius 1 is 1.09 bits per heavy atom. The summed E-state index contributed by atoms with van der Waals surface area (Å²) in [5.41, 5.74) is 0.00343. The minimum atomic E-state index is -3.89. The summed E-state index contributed by atoms with van der Waals surface area (Å²) in [7, 11) is -1.08. The van der Waals surface area contributed by atoms with Gasteiger partial charge in [0.05, 0.1) is 29.3 Å². The first-order chi connectivity index (χ1) is 16.0. The number of carbonyl (C=O) groups excluding carboxylic acids is 1. The van der Waals surface area contributed by atoms with Crippen molar-refractivity contribution in [1.29, 1.82) is 0 Å². The number of para-hydroxylation sites is 1. The van der Waals surface area contributed by atoms with Crippen LogP contribution in [0.25, 0.3) is 0 Å². The van der Waals surface area contributed by atoms with Gasteiger partial charge >= 0.3 is 6.03 Å². The van der Waals surface area contributed by atoms with Crippen LogP contribution in [0.1, 0.15) is 13.8 Å². The molecule has 0 aliphatic heterocycles. The maximum Gasteiger partial charge on any atom is 0.322 e. The van der Waals surface area contributed by atoms with Gasteiger partial charge in [0.15, 0.2) is 0 Å². The van der Waals surface area contributed by atoms with Crippen molar-refractivity contribution in [2.45, 2.75) is 30.9 Å². The number of ether oxygens (including phenoxy) is 1. The number of nitrogens with zero attached hydrogens (tertiary/aromatic N) is 2. The maximum absolute atomic E-state index is 14.0. The zero-order valence-electron chi connectivity index (χ0n) is 19.6. The van der Waals surface area contributed by atoms with Crippen LogP contribution in [-0.4, -0.2) is 74.8 Å². The molecule has 0 spiro atoms. The van der Waals surface area contributed by atoms with Crippen LogP contribution < -0.4 is 5.32 Å². The first kappa shape index (κ1) is 27.6. The Morgan fingerprint density at radius 3 is 2.26 bits per heavy atom. The highest BCUT2D eigenvalue weighted by atomic mass is 32.2. The highest BCUT2D eigenvalue weighted by molar-refractivity contribution is 7.89. The van der Waals surface area contributed by atoms with Gasteiger partial charge in [-0.05, 0) is 43.3 Å². The van der Waals surface area contributed by atoms with E-state index in [0.29, 0.717) is 0 Å². The summed E-state index contributed by atoms with van der Waals surface area (Å²) < 4.78 is 59.5. The summed E-state index contributed by atoms with van der Waals surface area (Å²) in [4.78, 5) is 14.2. The molecule has 8 nitrogen and oxygen atoms in total. The Labute approximate surface area is 199 Å². The predicted octanol–water partition coefficient (Wildman–Crippen LogP) is 3.15. The number of aliphatic hydroxyl groups excluding tert-OH is 1. The van der Waals surface area contributed by atoms with E-state index < -0.39 is 39.8 Å². The van der Waals surface area contributed by atoms with E-state index in [1.807, 2.05) is 0 Å². The number of halogens is 2. The van der Waals surface area contributed by atoms with Crippen molar-refractivity contribution in [1.82, 2.24) is 9.21 Å². The van der Waals surface area contributed by atoms with Crippen LogP contribution >= 0.6 is 0 Å². The van der Waals surface area contributed by atoms with Gasteiger partial charge < -0.3 is 20.1 Å². The van der Waals surface area contributed by atoms with Crippen LogP contribution in [0.5, 0.6) is 0 Å². The summed E-state index contributed by atoms with van der Waals surface area (Å²) in [6, 6.07) is 9.03. The van der Waals surface area contributed by atoms with Gasteiger partial charge in [0, 0.05) is 33.2 Å². The molecule has 34 heavy (non-hydrogen) atoms. The second-order valence-electron chi connectivity index (χ2n) is 8.08. The van der Waals surface area contributed by atoms with Crippen molar-refractivity contribution < 1.29 is 31.8 Å². The number of likely N-dealkylation sites (N-methyl/N-ethyl adjacent to an activating group) is 1. The average Bonchev–Trinajstić information content (AvgIpc) is 2.81. The first-order valence-corrected chi connectivity index (χ1v) is 12.1. The minimum absolute atomic E-state index is 0.00343. The van der Waals surface area contributed by atoms with Gasteiger partial charge in [0.25, 0.3) is 0 Å². The van der Waals surface area contributed by atoms with Crippen LogP contribution in [0.3, 0.4) is 0 Å². The van der Waals surface area contributed by atoms with Crippen molar-refractivity contribution in [3.05, 3.63) is 60.2 Å². The molecule has 0 aromatic heterocycles. The molecule has 0 heterocycles. The van der Waals surface area contributed by atoms with Crippen LogP contribution in [0.15, 0.2) is 53.4 Å². The highest BCUT2D eigenvalue weighted by Gasteiger charge is 2.30. The molecule has 0 fully saturated rings. The number of rotatable bonds is 11. The number of methoxy groups -OCH3 is 1. The SMILES string of the molecule is CO[C@H](CN(C)S(=O)(=O)c1ccc(F)cc1)[C@@H](C)CN(C(=O)Nc1ccccc1F)[C@H](C)CO. The molecule has 3 atom stereocenters. The third-order valence-corrected chi connectivity index (χ3v) is 7.39. The molecule has 188 valence electrons. The Bertz CT molecular complexity index is 1050. The van der Waals surface area contributed by atoms with E-state index in [-0.39, 0.29) is 36.2 Å². The van der Waals surface area contributed by atoms with Gasteiger partial charge in [-0.3, -0.25) is 0 Å². The zero-order valence-corrected chi connectivity index (χ0v) is 20.4. The molecular weight excluding hydrogens is 468 g/mol. The molecule has 2 N–H and O–H groups in total. The molecule has 0 saturated heterocycles. The number of hydrogen-bond acceptors (Lipinski definition) is 5. The fourth-order valence-electron chi connectivity index (χ4n) is 3.36. The fourth-order valence-corrected chi connectivity index (χ4v) is 4.55. The lowest BCUT2D eigenvalue weighted by Crippen LogP contribution is -2.49. The summed E-state index contributed by atoms with van der Waals surface area (Å²) in [5.74, 6) is -1.50. The fraction of sp³-hybridized carbons (Fsp3) is 0.435. The molecule has 0 aliphatic carbocycles. The zero-order chi connectivity index (χ0) is 25.5. The average molecular weight is 500 g/mol. The van der Waals surface area contributed by atoms with Crippen molar-refractivity contribution in [3.63, 3.8) is 0 Å². The molecule has 2 amide bonds. The molecule has 2 aromatic carbocycles. The van der Waals surface area contributed by atoms with Gasteiger partial charge in [-0.15, -0.1) is 0 Å². The molecule has 0 radical (unpaired) electrons. The Kier molecular flexibility index (Phi) is 9.92. The number of nitrogens with one attached hydrogen (secondary N) is 1. The normalized spacial score (nSPS) is 14.5. The van der Waals surface area contributed by atoms with Gasteiger partial charge in [0.1, 0.15) is 11.6 Å².